The van der Waals surface area contributed by atoms with Crippen LogP contribution in [0.3, 0.4) is 0 Å². The van der Waals surface area contributed by atoms with Crippen molar-refractivity contribution < 1.29 is 4.74 Å². The lowest BCUT2D eigenvalue weighted by Crippen LogP contribution is -2.25. The number of hydrogen-bond donors (Lipinski definition) is 0. The average Bonchev–Trinajstić information content (AvgIpc) is 2.61. The summed E-state index contributed by atoms with van der Waals surface area (Å²) in [7, 11) is 1.73. The van der Waals surface area contributed by atoms with E-state index < -0.39 is 0 Å². The molecule has 0 N–H and O–H groups in total. The molecule has 0 radical (unpaired) electrons. The molecule has 0 heterocycles. The lowest BCUT2D eigenvalue weighted by atomic mass is 10.1. The summed E-state index contributed by atoms with van der Waals surface area (Å²) in [4.78, 5) is 2.65. The van der Waals surface area contributed by atoms with Crippen LogP contribution in [0.2, 0.25) is 0 Å². The molecule has 0 spiro atoms. The van der Waals surface area contributed by atoms with Gasteiger partial charge in [0.15, 0.2) is 0 Å². The van der Waals surface area contributed by atoms with E-state index in [-0.39, 0.29) is 0 Å². The van der Waals surface area contributed by atoms with Gasteiger partial charge in [-0.2, -0.15) is 0 Å². The van der Waals surface area contributed by atoms with Crippen LogP contribution >= 0.6 is 0 Å². The molecule has 1 aromatic rings. The van der Waals surface area contributed by atoms with Crippen LogP contribution in [0.1, 0.15) is 83.6 Å². The monoisotopic (exact) mass is 333 g/mol. The molecule has 0 saturated carbocycles. The van der Waals surface area contributed by atoms with Gasteiger partial charge in [-0.1, -0.05) is 77.3 Å². The normalized spacial score (nSPS) is 11.2. The summed E-state index contributed by atoms with van der Waals surface area (Å²) in [5.41, 5.74) is 1.40. The number of rotatable bonds is 15. The second-order valence-corrected chi connectivity index (χ2v) is 6.95. The molecular weight excluding hydrogens is 294 g/mol. The molecule has 2 heteroatoms. The van der Waals surface area contributed by atoms with Crippen molar-refractivity contribution >= 4 is 0 Å². The molecule has 0 bridgehead atoms. The van der Waals surface area contributed by atoms with Gasteiger partial charge in [0.2, 0.25) is 0 Å². The Balaban J connectivity index is 2.39. The molecule has 0 aliphatic carbocycles. The summed E-state index contributed by atoms with van der Waals surface area (Å²) in [6.07, 6.45) is 13.6. The van der Waals surface area contributed by atoms with E-state index >= 15 is 0 Å². The number of unbranched alkanes of at least 4 members (excludes halogenated alkanes) is 8. The summed E-state index contributed by atoms with van der Waals surface area (Å²) < 4.78 is 5.27. The summed E-state index contributed by atoms with van der Waals surface area (Å²) in [6.45, 7) is 8.12. The van der Waals surface area contributed by atoms with Crippen LogP contribution in [0.5, 0.6) is 5.75 Å². The first-order valence-corrected chi connectivity index (χ1v) is 10.2. The Morgan fingerprint density at radius 1 is 0.708 bits per heavy atom. The topological polar surface area (TPSA) is 12.5 Å². The number of methoxy groups -OCH3 is 1. The maximum atomic E-state index is 5.27. The van der Waals surface area contributed by atoms with Crippen molar-refractivity contribution in [2.45, 2.75) is 84.6 Å². The quantitative estimate of drug-likeness (QED) is 0.342. The second-order valence-electron chi connectivity index (χ2n) is 6.95. The molecule has 0 aromatic heterocycles. The van der Waals surface area contributed by atoms with Crippen LogP contribution in [0.4, 0.5) is 0 Å². The van der Waals surface area contributed by atoms with Gasteiger partial charge in [0.1, 0.15) is 5.75 Å². The van der Waals surface area contributed by atoms with Crippen molar-refractivity contribution in [1.29, 1.82) is 0 Å². The van der Waals surface area contributed by atoms with Crippen molar-refractivity contribution in [3.63, 3.8) is 0 Å². The second kappa shape index (κ2) is 14.3. The Hall–Kier alpha value is -1.02. The van der Waals surface area contributed by atoms with E-state index in [1.807, 2.05) is 0 Å². The van der Waals surface area contributed by atoms with Crippen molar-refractivity contribution in [2.75, 3.05) is 20.2 Å². The van der Waals surface area contributed by atoms with Crippen LogP contribution in [-0.4, -0.2) is 25.1 Å². The molecule has 0 aliphatic rings. The zero-order chi connectivity index (χ0) is 17.5. The van der Waals surface area contributed by atoms with E-state index in [0.29, 0.717) is 0 Å². The fraction of sp³-hybridized carbons (Fsp3) is 0.727. The highest BCUT2D eigenvalue weighted by atomic mass is 16.5. The van der Waals surface area contributed by atoms with Gasteiger partial charge in [-0.15, -0.1) is 0 Å². The van der Waals surface area contributed by atoms with E-state index in [4.69, 9.17) is 4.74 Å². The molecule has 0 aliphatic heterocycles. The molecule has 0 unspecified atom stereocenters. The van der Waals surface area contributed by atoms with Crippen LogP contribution in [0.15, 0.2) is 24.3 Å². The molecule has 138 valence electrons. The molecule has 1 rings (SSSR count). The third-order valence-electron chi connectivity index (χ3n) is 4.72. The first kappa shape index (κ1) is 21.0. The highest BCUT2D eigenvalue weighted by Gasteiger charge is 2.06. The zero-order valence-electron chi connectivity index (χ0n) is 16.4. The highest BCUT2D eigenvalue weighted by molar-refractivity contribution is 5.27. The van der Waals surface area contributed by atoms with Crippen molar-refractivity contribution in [1.82, 2.24) is 4.90 Å². The van der Waals surface area contributed by atoms with E-state index in [9.17, 15) is 0 Å². The fourth-order valence-electron chi connectivity index (χ4n) is 3.14. The van der Waals surface area contributed by atoms with Gasteiger partial charge < -0.3 is 4.74 Å². The Labute approximate surface area is 150 Å². The van der Waals surface area contributed by atoms with Crippen LogP contribution in [0.25, 0.3) is 0 Å². The van der Waals surface area contributed by atoms with E-state index in [1.54, 1.807) is 7.11 Å². The molecule has 0 saturated heterocycles. The van der Waals surface area contributed by atoms with Crippen LogP contribution < -0.4 is 4.74 Å². The summed E-state index contributed by atoms with van der Waals surface area (Å²) >= 11 is 0. The Kier molecular flexibility index (Phi) is 12.6. The zero-order valence-corrected chi connectivity index (χ0v) is 16.4. The molecule has 0 amide bonds. The summed E-state index contributed by atoms with van der Waals surface area (Å²) in [5, 5.41) is 0. The number of ether oxygens (including phenoxy) is 1. The van der Waals surface area contributed by atoms with Crippen LogP contribution in [0, 0.1) is 0 Å². The third-order valence-corrected chi connectivity index (χ3v) is 4.72. The maximum Gasteiger partial charge on any atom is 0.118 e. The van der Waals surface area contributed by atoms with E-state index in [1.165, 1.54) is 82.9 Å². The minimum absolute atomic E-state index is 0.949. The standard InChI is InChI=1S/C22H39NO/c1-4-6-8-10-12-18-23(19-13-11-9-7-5-2)20-21-14-16-22(24-3)17-15-21/h14-17H,4-13,18-20H2,1-3H3. The van der Waals surface area contributed by atoms with Gasteiger partial charge in [-0.25, -0.2) is 0 Å². The fourth-order valence-corrected chi connectivity index (χ4v) is 3.14. The van der Waals surface area contributed by atoms with Crippen molar-refractivity contribution in [3.8, 4) is 5.75 Å². The lowest BCUT2D eigenvalue weighted by Gasteiger charge is -2.22. The van der Waals surface area contributed by atoms with Crippen LogP contribution in [-0.2, 0) is 6.54 Å². The van der Waals surface area contributed by atoms with Crippen molar-refractivity contribution in [2.24, 2.45) is 0 Å². The van der Waals surface area contributed by atoms with Gasteiger partial charge in [0.25, 0.3) is 0 Å². The Morgan fingerprint density at radius 3 is 1.67 bits per heavy atom. The predicted octanol–water partition coefficient (Wildman–Crippen LogP) is 6.44. The average molecular weight is 334 g/mol. The number of hydrogen-bond acceptors (Lipinski definition) is 2. The van der Waals surface area contributed by atoms with Gasteiger partial charge in [0, 0.05) is 6.54 Å². The molecule has 2 nitrogen and oxygen atoms in total. The molecular formula is C22H39NO. The first-order valence-electron chi connectivity index (χ1n) is 10.2. The molecule has 0 atom stereocenters. The Bertz CT molecular complexity index is 373. The number of benzene rings is 1. The van der Waals surface area contributed by atoms with Crippen molar-refractivity contribution in [3.05, 3.63) is 29.8 Å². The minimum atomic E-state index is 0.949. The molecule has 1 aromatic carbocycles. The molecule has 24 heavy (non-hydrogen) atoms. The Morgan fingerprint density at radius 2 is 1.21 bits per heavy atom. The van der Waals surface area contributed by atoms with Gasteiger partial charge in [-0.3, -0.25) is 4.90 Å². The summed E-state index contributed by atoms with van der Waals surface area (Å²) in [5.74, 6) is 0.949. The third kappa shape index (κ3) is 9.97. The van der Waals surface area contributed by atoms with Gasteiger partial charge in [0.05, 0.1) is 7.11 Å². The van der Waals surface area contributed by atoms with E-state index in [0.717, 1.165) is 12.3 Å². The highest BCUT2D eigenvalue weighted by Crippen LogP contribution is 2.15. The van der Waals surface area contributed by atoms with Gasteiger partial charge >= 0.3 is 0 Å². The first-order chi connectivity index (χ1) is 11.8. The SMILES string of the molecule is CCCCCCCN(CCCCCCC)Cc1ccc(OC)cc1. The van der Waals surface area contributed by atoms with E-state index in [2.05, 4.69) is 43.0 Å². The number of nitrogens with zero attached hydrogens (tertiary/aromatic N) is 1. The summed E-state index contributed by atoms with van der Waals surface area (Å²) in [6, 6.07) is 8.58. The predicted molar refractivity (Wildman–Crippen MR) is 106 cm³/mol. The minimum Gasteiger partial charge on any atom is -0.497 e. The maximum absolute atomic E-state index is 5.27. The van der Waals surface area contributed by atoms with Gasteiger partial charge in [-0.05, 0) is 43.6 Å². The lowest BCUT2D eigenvalue weighted by molar-refractivity contribution is 0.252. The molecule has 0 fully saturated rings. The largest absolute Gasteiger partial charge is 0.497 e. The smallest absolute Gasteiger partial charge is 0.118 e.